The van der Waals surface area contributed by atoms with Gasteiger partial charge >= 0.3 is 0 Å². The summed E-state index contributed by atoms with van der Waals surface area (Å²) in [5, 5.41) is 3.25. The monoisotopic (exact) mass is 327 g/mol. The molecule has 1 unspecified atom stereocenters. The molecule has 0 aliphatic rings. The molecule has 0 saturated heterocycles. The highest BCUT2D eigenvalue weighted by atomic mass is 35.5. The molecule has 21 heavy (non-hydrogen) atoms. The maximum Gasteiger partial charge on any atom is 0.240 e. The number of carbonyl (C=O) groups excluding carboxylic acids is 1. The van der Waals surface area contributed by atoms with Gasteiger partial charge in [0.05, 0.1) is 16.4 Å². The Labute approximate surface area is 134 Å². The molecule has 2 aromatic rings. The van der Waals surface area contributed by atoms with Crippen LogP contribution in [0.5, 0.6) is 0 Å². The SMILES string of the molecule is CC(Cl)c1nc2ccc(Cl)cc2n1CC(=O)NC(C)(C)C. The number of fused-ring (bicyclic) bond motifs is 1. The summed E-state index contributed by atoms with van der Waals surface area (Å²) in [4.78, 5) is 16.7. The average molecular weight is 328 g/mol. The second-order valence-electron chi connectivity index (χ2n) is 6.10. The molecule has 1 atom stereocenters. The predicted molar refractivity (Wildman–Crippen MR) is 86.9 cm³/mol. The van der Waals surface area contributed by atoms with Crippen LogP contribution in [0.1, 0.15) is 38.9 Å². The summed E-state index contributed by atoms with van der Waals surface area (Å²) < 4.78 is 1.82. The number of imidazole rings is 1. The Hall–Kier alpha value is -1.26. The van der Waals surface area contributed by atoms with Gasteiger partial charge in [0.25, 0.3) is 0 Å². The third-order valence-corrected chi connectivity index (χ3v) is 3.34. The van der Waals surface area contributed by atoms with Crippen molar-refractivity contribution in [2.45, 2.75) is 45.2 Å². The van der Waals surface area contributed by atoms with Crippen LogP contribution in [0.4, 0.5) is 0 Å². The van der Waals surface area contributed by atoms with Gasteiger partial charge in [-0.25, -0.2) is 4.98 Å². The van der Waals surface area contributed by atoms with Gasteiger partial charge in [0.15, 0.2) is 0 Å². The first-order valence-corrected chi connectivity index (χ1v) is 7.59. The summed E-state index contributed by atoms with van der Waals surface area (Å²) in [5.74, 6) is 0.582. The topological polar surface area (TPSA) is 46.9 Å². The molecule has 2 rings (SSSR count). The number of amides is 1. The molecule has 0 spiro atoms. The predicted octanol–water partition coefficient (Wildman–Crippen LogP) is 3.90. The minimum atomic E-state index is -0.293. The Morgan fingerprint density at radius 3 is 2.67 bits per heavy atom. The standard InChI is InChI=1S/C15H19Cl2N3O/c1-9(16)14-18-11-6-5-10(17)7-12(11)20(14)8-13(21)19-15(2,3)4/h5-7,9H,8H2,1-4H3,(H,19,21). The van der Waals surface area contributed by atoms with Gasteiger partial charge in [0, 0.05) is 10.6 Å². The van der Waals surface area contributed by atoms with Crippen molar-refractivity contribution in [1.29, 1.82) is 0 Å². The van der Waals surface area contributed by atoms with E-state index in [-0.39, 0.29) is 23.4 Å². The zero-order valence-electron chi connectivity index (χ0n) is 12.6. The maximum absolute atomic E-state index is 12.2. The number of benzene rings is 1. The quantitative estimate of drug-likeness (QED) is 0.869. The van der Waals surface area contributed by atoms with E-state index in [9.17, 15) is 4.79 Å². The van der Waals surface area contributed by atoms with Crippen LogP contribution in [-0.4, -0.2) is 21.0 Å². The molecule has 0 aliphatic heterocycles. The van der Waals surface area contributed by atoms with Crippen molar-refractivity contribution >= 4 is 40.1 Å². The summed E-state index contributed by atoms with van der Waals surface area (Å²) in [6, 6.07) is 5.41. The number of aromatic nitrogens is 2. The Kier molecular flexibility index (Phi) is 4.49. The number of nitrogens with zero attached hydrogens (tertiary/aromatic N) is 2. The van der Waals surface area contributed by atoms with Crippen LogP contribution in [0.15, 0.2) is 18.2 Å². The summed E-state index contributed by atoms with van der Waals surface area (Å²) in [6.45, 7) is 7.83. The van der Waals surface area contributed by atoms with Gasteiger partial charge < -0.3 is 9.88 Å². The van der Waals surface area contributed by atoms with Crippen molar-refractivity contribution in [3.8, 4) is 0 Å². The average Bonchev–Trinajstić information content (AvgIpc) is 2.65. The number of hydrogen-bond acceptors (Lipinski definition) is 2. The van der Waals surface area contributed by atoms with E-state index in [4.69, 9.17) is 23.2 Å². The summed E-state index contributed by atoms with van der Waals surface area (Å²) in [7, 11) is 0. The van der Waals surface area contributed by atoms with Crippen molar-refractivity contribution in [1.82, 2.24) is 14.9 Å². The number of hydrogen-bond donors (Lipinski definition) is 1. The van der Waals surface area contributed by atoms with Gasteiger partial charge in [-0.15, -0.1) is 11.6 Å². The molecule has 1 aromatic carbocycles. The lowest BCUT2D eigenvalue weighted by molar-refractivity contribution is -0.123. The molecule has 114 valence electrons. The minimum Gasteiger partial charge on any atom is -0.350 e. The maximum atomic E-state index is 12.2. The number of nitrogens with one attached hydrogen (secondary N) is 1. The van der Waals surface area contributed by atoms with Crippen molar-refractivity contribution < 1.29 is 4.79 Å². The molecule has 4 nitrogen and oxygen atoms in total. The van der Waals surface area contributed by atoms with Crippen molar-refractivity contribution in [2.75, 3.05) is 0 Å². The molecule has 6 heteroatoms. The van der Waals surface area contributed by atoms with E-state index in [1.54, 1.807) is 12.1 Å². The van der Waals surface area contributed by atoms with Gasteiger partial charge in [-0.2, -0.15) is 0 Å². The summed E-state index contributed by atoms with van der Waals surface area (Å²) in [5.41, 5.74) is 1.32. The molecule has 0 radical (unpaired) electrons. The van der Waals surface area contributed by atoms with E-state index in [2.05, 4.69) is 10.3 Å². The van der Waals surface area contributed by atoms with Gasteiger partial charge in [-0.1, -0.05) is 11.6 Å². The first kappa shape index (κ1) is 16.1. The largest absolute Gasteiger partial charge is 0.350 e. The summed E-state index contributed by atoms with van der Waals surface area (Å²) in [6.07, 6.45) is 0. The normalized spacial score (nSPS) is 13.4. The first-order chi connectivity index (χ1) is 9.67. The molecule has 1 N–H and O–H groups in total. The van der Waals surface area contributed by atoms with Gasteiger partial charge in [-0.05, 0) is 45.9 Å². The Balaban J connectivity index is 2.43. The number of rotatable bonds is 3. The second kappa shape index (κ2) is 5.85. The van der Waals surface area contributed by atoms with Crippen molar-refractivity contribution in [3.63, 3.8) is 0 Å². The van der Waals surface area contributed by atoms with Crippen LogP contribution in [0.25, 0.3) is 11.0 Å². The third-order valence-electron chi connectivity index (χ3n) is 2.91. The highest BCUT2D eigenvalue weighted by molar-refractivity contribution is 6.31. The van der Waals surface area contributed by atoms with E-state index in [0.29, 0.717) is 10.8 Å². The number of halogens is 2. The van der Waals surface area contributed by atoms with E-state index < -0.39 is 0 Å². The fraction of sp³-hybridized carbons (Fsp3) is 0.467. The van der Waals surface area contributed by atoms with Crippen molar-refractivity contribution in [2.24, 2.45) is 0 Å². The van der Waals surface area contributed by atoms with Gasteiger partial charge in [0.1, 0.15) is 12.4 Å². The first-order valence-electron chi connectivity index (χ1n) is 6.78. The zero-order valence-corrected chi connectivity index (χ0v) is 14.1. The second-order valence-corrected chi connectivity index (χ2v) is 7.19. The molecule has 0 fully saturated rings. The molecule has 0 bridgehead atoms. The van der Waals surface area contributed by atoms with Crippen LogP contribution in [-0.2, 0) is 11.3 Å². The smallest absolute Gasteiger partial charge is 0.240 e. The van der Waals surface area contributed by atoms with Crippen molar-refractivity contribution in [3.05, 3.63) is 29.0 Å². The van der Waals surface area contributed by atoms with Crippen LogP contribution in [0.3, 0.4) is 0 Å². The lowest BCUT2D eigenvalue weighted by atomic mass is 10.1. The molecule has 1 heterocycles. The Bertz CT molecular complexity index is 671. The minimum absolute atomic E-state index is 0.0830. The summed E-state index contributed by atoms with van der Waals surface area (Å²) >= 11 is 12.2. The third kappa shape index (κ3) is 3.89. The molecule has 0 aliphatic carbocycles. The number of carbonyl (C=O) groups is 1. The van der Waals surface area contributed by atoms with Crippen LogP contribution in [0.2, 0.25) is 5.02 Å². The molecule has 0 saturated carbocycles. The lowest BCUT2D eigenvalue weighted by Crippen LogP contribution is -2.42. The Morgan fingerprint density at radius 1 is 1.43 bits per heavy atom. The van der Waals surface area contributed by atoms with E-state index in [0.717, 1.165) is 11.0 Å². The fourth-order valence-corrected chi connectivity index (χ4v) is 2.52. The van der Waals surface area contributed by atoms with E-state index in [1.807, 2.05) is 38.3 Å². The van der Waals surface area contributed by atoms with Crippen LogP contribution in [0, 0.1) is 0 Å². The van der Waals surface area contributed by atoms with Gasteiger partial charge in [0.2, 0.25) is 5.91 Å². The highest BCUT2D eigenvalue weighted by Crippen LogP contribution is 2.26. The highest BCUT2D eigenvalue weighted by Gasteiger charge is 2.19. The Morgan fingerprint density at radius 2 is 2.10 bits per heavy atom. The van der Waals surface area contributed by atoms with E-state index in [1.165, 1.54) is 0 Å². The molecule has 1 amide bonds. The molecular formula is C15H19Cl2N3O. The molecule has 1 aromatic heterocycles. The lowest BCUT2D eigenvalue weighted by Gasteiger charge is -2.21. The fourth-order valence-electron chi connectivity index (χ4n) is 2.19. The van der Waals surface area contributed by atoms with Gasteiger partial charge in [-0.3, -0.25) is 4.79 Å². The van der Waals surface area contributed by atoms with Crippen LogP contribution >= 0.6 is 23.2 Å². The zero-order chi connectivity index (χ0) is 15.8. The molecular weight excluding hydrogens is 309 g/mol. The van der Waals surface area contributed by atoms with Crippen LogP contribution < -0.4 is 5.32 Å². The number of alkyl halides is 1. The van der Waals surface area contributed by atoms with E-state index >= 15 is 0 Å².